The van der Waals surface area contributed by atoms with Crippen LogP contribution in [-0.4, -0.2) is 0 Å². The molecule has 0 radical (unpaired) electrons. The summed E-state index contributed by atoms with van der Waals surface area (Å²) in [5, 5.41) is 0. The van der Waals surface area contributed by atoms with Crippen molar-refractivity contribution in [3.8, 4) is 0 Å². The van der Waals surface area contributed by atoms with E-state index in [9.17, 15) is 0 Å². The third-order valence-corrected chi connectivity index (χ3v) is 5.04. The molecule has 0 aromatic rings. The molecule has 0 amide bonds. The molecule has 15 heavy (non-hydrogen) atoms. The van der Waals surface area contributed by atoms with Crippen LogP contribution < -0.4 is 0 Å². The Morgan fingerprint density at radius 3 is 2.27 bits per heavy atom. The maximum Gasteiger partial charge on any atom is -0.0292 e. The monoisotopic (exact) mass is 210 g/mol. The van der Waals surface area contributed by atoms with Crippen LogP contribution in [0, 0.1) is 29.1 Å². The van der Waals surface area contributed by atoms with Crippen molar-refractivity contribution in [1.29, 1.82) is 0 Å². The van der Waals surface area contributed by atoms with Gasteiger partial charge in [-0.3, -0.25) is 0 Å². The van der Waals surface area contributed by atoms with Crippen LogP contribution in [0.15, 0.2) is 0 Å². The summed E-state index contributed by atoms with van der Waals surface area (Å²) in [6.07, 6.45) is 5.74. The van der Waals surface area contributed by atoms with Crippen LogP contribution >= 0.6 is 0 Å². The van der Waals surface area contributed by atoms with Crippen molar-refractivity contribution in [2.75, 3.05) is 0 Å². The van der Waals surface area contributed by atoms with E-state index >= 15 is 0 Å². The normalized spacial score (nSPS) is 34.2. The highest BCUT2D eigenvalue weighted by molar-refractivity contribution is 5.01. The molecule has 0 N–H and O–H groups in total. The second kappa shape index (κ2) is 4.89. The molecule has 1 fully saturated rings. The highest BCUT2D eigenvalue weighted by Crippen LogP contribution is 2.60. The smallest absolute Gasteiger partial charge is 0.0292 e. The first kappa shape index (κ1) is 13.1. The van der Waals surface area contributed by atoms with E-state index in [1.807, 2.05) is 0 Å². The van der Waals surface area contributed by atoms with E-state index in [1.165, 1.54) is 25.7 Å². The maximum absolute atomic E-state index is 2.51. The van der Waals surface area contributed by atoms with Crippen molar-refractivity contribution < 1.29 is 0 Å². The van der Waals surface area contributed by atoms with Crippen LogP contribution in [0.1, 0.15) is 67.2 Å². The van der Waals surface area contributed by atoms with Crippen LogP contribution in [0.2, 0.25) is 0 Å². The van der Waals surface area contributed by atoms with E-state index in [0.717, 1.165) is 23.7 Å². The standard InChI is InChI=1S/C15H30/c1-7-8-9-15(6)10-14(15)13(5)12(4)11(2)3/h11-14H,7-10H2,1-6H3. The second-order valence-corrected chi connectivity index (χ2v) is 6.53. The lowest BCUT2D eigenvalue weighted by Gasteiger charge is -2.25. The van der Waals surface area contributed by atoms with Gasteiger partial charge in [-0.25, -0.2) is 0 Å². The van der Waals surface area contributed by atoms with E-state index in [-0.39, 0.29) is 0 Å². The fourth-order valence-electron chi connectivity index (χ4n) is 3.11. The van der Waals surface area contributed by atoms with Crippen LogP contribution in [0.3, 0.4) is 0 Å². The lowest BCUT2D eigenvalue weighted by molar-refractivity contribution is 0.236. The van der Waals surface area contributed by atoms with Gasteiger partial charge in [0.2, 0.25) is 0 Å². The van der Waals surface area contributed by atoms with E-state index in [4.69, 9.17) is 0 Å². The van der Waals surface area contributed by atoms with Crippen LogP contribution in [0.25, 0.3) is 0 Å². The minimum absolute atomic E-state index is 0.707. The lowest BCUT2D eigenvalue weighted by atomic mass is 9.80. The van der Waals surface area contributed by atoms with Crippen LogP contribution in [0.4, 0.5) is 0 Å². The van der Waals surface area contributed by atoms with Crippen molar-refractivity contribution in [3.05, 3.63) is 0 Å². The van der Waals surface area contributed by atoms with Gasteiger partial charge in [0.25, 0.3) is 0 Å². The summed E-state index contributed by atoms with van der Waals surface area (Å²) in [7, 11) is 0. The lowest BCUT2D eigenvalue weighted by Crippen LogP contribution is -2.18. The van der Waals surface area contributed by atoms with Gasteiger partial charge in [-0.15, -0.1) is 0 Å². The molecule has 0 aliphatic heterocycles. The molecule has 1 aliphatic carbocycles. The van der Waals surface area contributed by atoms with Gasteiger partial charge in [-0.05, 0) is 41.9 Å². The van der Waals surface area contributed by atoms with Gasteiger partial charge in [-0.1, -0.05) is 54.4 Å². The van der Waals surface area contributed by atoms with Gasteiger partial charge in [0.15, 0.2) is 0 Å². The Labute approximate surface area is 96.8 Å². The summed E-state index contributed by atoms with van der Waals surface area (Å²) < 4.78 is 0. The molecule has 1 rings (SSSR count). The van der Waals surface area contributed by atoms with E-state index in [1.54, 1.807) is 0 Å². The third-order valence-electron chi connectivity index (χ3n) is 5.04. The van der Waals surface area contributed by atoms with Crippen molar-refractivity contribution in [1.82, 2.24) is 0 Å². The number of unbranched alkanes of at least 4 members (excludes halogenated alkanes) is 1. The van der Waals surface area contributed by atoms with Crippen molar-refractivity contribution >= 4 is 0 Å². The maximum atomic E-state index is 2.51. The largest absolute Gasteiger partial charge is 0.0654 e. The Bertz CT molecular complexity index is 194. The number of hydrogen-bond acceptors (Lipinski definition) is 0. The molecule has 0 saturated heterocycles. The number of rotatable bonds is 6. The Morgan fingerprint density at radius 1 is 1.20 bits per heavy atom. The highest BCUT2D eigenvalue weighted by atomic mass is 14.6. The molecule has 0 heteroatoms. The Kier molecular flexibility index (Phi) is 4.26. The fourth-order valence-corrected chi connectivity index (χ4v) is 3.11. The molecule has 1 saturated carbocycles. The molecule has 1 aliphatic rings. The second-order valence-electron chi connectivity index (χ2n) is 6.53. The Hall–Kier alpha value is 0. The average molecular weight is 210 g/mol. The van der Waals surface area contributed by atoms with Gasteiger partial charge in [-0.2, -0.15) is 0 Å². The van der Waals surface area contributed by atoms with Gasteiger partial charge in [0.1, 0.15) is 0 Å². The summed E-state index contributed by atoms with van der Waals surface area (Å²) in [5.41, 5.74) is 0.707. The van der Waals surface area contributed by atoms with Crippen molar-refractivity contribution in [2.24, 2.45) is 29.1 Å². The Balaban J connectivity index is 2.41. The molecule has 0 spiro atoms. The van der Waals surface area contributed by atoms with E-state index in [2.05, 4.69) is 41.5 Å². The zero-order valence-electron chi connectivity index (χ0n) is 11.6. The predicted octanol–water partition coefficient (Wildman–Crippen LogP) is 5.13. The summed E-state index contributed by atoms with van der Waals surface area (Å²) in [6, 6.07) is 0. The molecule has 90 valence electrons. The quantitative estimate of drug-likeness (QED) is 0.570. The SMILES string of the molecule is CCCCC1(C)CC1C(C)C(C)C(C)C. The zero-order chi connectivity index (χ0) is 11.6. The third kappa shape index (κ3) is 2.98. The van der Waals surface area contributed by atoms with Gasteiger partial charge in [0, 0.05) is 0 Å². The zero-order valence-corrected chi connectivity index (χ0v) is 11.6. The molecule has 0 aromatic carbocycles. The molecular formula is C15H30. The van der Waals surface area contributed by atoms with Gasteiger partial charge < -0.3 is 0 Å². The molecule has 0 aromatic heterocycles. The summed E-state index contributed by atoms with van der Waals surface area (Å²) in [4.78, 5) is 0. The molecule has 0 nitrogen and oxygen atoms in total. The molecule has 4 atom stereocenters. The van der Waals surface area contributed by atoms with Gasteiger partial charge in [0.05, 0.1) is 0 Å². The molecule has 0 bridgehead atoms. The van der Waals surface area contributed by atoms with Crippen molar-refractivity contribution in [2.45, 2.75) is 67.2 Å². The van der Waals surface area contributed by atoms with E-state index < -0.39 is 0 Å². The minimum Gasteiger partial charge on any atom is -0.0654 e. The fraction of sp³-hybridized carbons (Fsp3) is 1.00. The Morgan fingerprint density at radius 2 is 1.80 bits per heavy atom. The summed E-state index contributed by atoms with van der Waals surface area (Å²) >= 11 is 0. The molecule has 0 heterocycles. The highest BCUT2D eigenvalue weighted by Gasteiger charge is 2.52. The first-order valence-electron chi connectivity index (χ1n) is 6.92. The first-order chi connectivity index (χ1) is 6.92. The van der Waals surface area contributed by atoms with Gasteiger partial charge >= 0.3 is 0 Å². The summed E-state index contributed by atoms with van der Waals surface area (Å²) in [6.45, 7) is 14.5. The van der Waals surface area contributed by atoms with Crippen LogP contribution in [-0.2, 0) is 0 Å². The average Bonchev–Trinajstić information content (AvgIpc) is 2.86. The minimum atomic E-state index is 0.707. The predicted molar refractivity (Wildman–Crippen MR) is 68.9 cm³/mol. The topological polar surface area (TPSA) is 0 Å². The van der Waals surface area contributed by atoms with E-state index in [0.29, 0.717) is 5.41 Å². The molecule has 4 unspecified atom stereocenters. The number of hydrogen-bond donors (Lipinski definition) is 0. The molecular weight excluding hydrogens is 180 g/mol. The summed E-state index contributed by atoms with van der Waals surface area (Å²) in [5.74, 6) is 3.67. The van der Waals surface area contributed by atoms with Crippen molar-refractivity contribution in [3.63, 3.8) is 0 Å². The van der Waals surface area contributed by atoms with Crippen LogP contribution in [0.5, 0.6) is 0 Å². The first-order valence-corrected chi connectivity index (χ1v) is 6.92.